The van der Waals surface area contributed by atoms with Crippen molar-refractivity contribution in [3.63, 3.8) is 0 Å². The highest BCUT2D eigenvalue weighted by Gasteiger charge is 2.29. The number of aliphatic hydroxyl groups excluding tert-OH is 1. The van der Waals surface area contributed by atoms with Crippen molar-refractivity contribution in [1.82, 2.24) is 0 Å². The van der Waals surface area contributed by atoms with Crippen molar-refractivity contribution in [1.29, 1.82) is 0 Å². The van der Waals surface area contributed by atoms with E-state index < -0.39 is 18.0 Å². The van der Waals surface area contributed by atoms with Gasteiger partial charge in [0, 0.05) is 5.02 Å². The van der Waals surface area contributed by atoms with Crippen LogP contribution in [-0.4, -0.2) is 11.2 Å². The van der Waals surface area contributed by atoms with E-state index in [4.69, 9.17) is 17.3 Å². The summed E-state index contributed by atoms with van der Waals surface area (Å²) in [5.74, 6) is -0.445. The number of rotatable bonds is 2. The molecular weight excluding hydrogens is 229 g/mol. The van der Waals surface area contributed by atoms with E-state index in [1.54, 1.807) is 6.07 Å². The predicted molar refractivity (Wildman–Crippen MR) is 63.8 cm³/mol. The Labute approximate surface area is 100 Å². The van der Waals surface area contributed by atoms with Crippen LogP contribution in [-0.2, 0) is 0 Å². The third-order valence-electron chi connectivity index (χ3n) is 2.50. The zero-order chi connectivity index (χ0) is 12.5. The van der Waals surface area contributed by atoms with Crippen molar-refractivity contribution in [2.45, 2.75) is 32.9 Å². The number of aliphatic hydroxyl groups is 1. The van der Waals surface area contributed by atoms with Crippen LogP contribution in [0.15, 0.2) is 18.2 Å². The van der Waals surface area contributed by atoms with E-state index in [1.165, 1.54) is 12.1 Å². The molecule has 16 heavy (non-hydrogen) atoms. The molecule has 1 aromatic rings. The number of halogens is 2. The molecular formula is C12H17ClFNO. The summed E-state index contributed by atoms with van der Waals surface area (Å²) < 4.78 is 13.1. The van der Waals surface area contributed by atoms with Gasteiger partial charge in [0.2, 0.25) is 0 Å². The maximum atomic E-state index is 13.1. The SMILES string of the molecule is CC(C)(C)[C@@H](O)[C@@H](N)c1cc(F)cc(Cl)c1. The van der Waals surface area contributed by atoms with Crippen LogP contribution in [0.4, 0.5) is 4.39 Å². The van der Waals surface area contributed by atoms with E-state index in [0.717, 1.165) is 0 Å². The van der Waals surface area contributed by atoms with E-state index in [2.05, 4.69) is 0 Å². The molecule has 1 aromatic carbocycles. The van der Waals surface area contributed by atoms with Crippen LogP contribution < -0.4 is 5.73 Å². The van der Waals surface area contributed by atoms with Crippen molar-refractivity contribution < 1.29 is 9.50 Å². The minimum absolute atomic E-state index is 0.284. The zero-order valence-electron chi connectivity index (χ0n) is 9.67. The van der Waals surface area contributed by atoms with Gasteiger partial charge in [-0.15, -0.1) is 0 Å². The van der Waals surface area contributed by atoms with Gasteiger partial charge < -0.3 is 10.8 Å². The summed E-state index contributed by atoms with van der Waals surface area (Å²) in [6.07, 6.45) is -0.759. The molecule has 0 unspecified atom stereocenters. The van der Waals surface area contributed by atoms with Crippen LogP contribution in [0.3, 0.4) is 0 Å². The molecule has 0 bridgehead atoms. The number of nitrogens with two attached hydrogens (primary N) is 1. The number of hydrogen-bond acceptors (Lipinski definition) is 2. The van der Waals surface area contributed by atoms with Gasteiger partial charge in [-0.1, -0.05) is 32.4 Å². The minimum Gasteiger partial charge on any atom is -0.391 e. The fourth-order valence-corrected chi connectivity index (χ4v) is 1.72. The van der Waals surface area contributed by atoms with Gasteiger partial charge in [0.25, 0.3) is 0 Å². The van der Waals surface area contributed by atoms with Crippen LogP contribution in [0.2, 0.25) is 5.02 Å². The Balaban J connectivity index is 3.00. The molecule has 2 nitrogen and oxygen atoms in total. The number of benzene rings is 1. The fourth-order valence-electron chi connectivity index (χ4n) is 1.49. The molecule has 0 amide bonds. The predicted octanol–water partition coefficient (Wildman–Crippen LogP) is 2.89. The molecule has 90 valence electrons. The van der Waals surface area contributed by atoms with E-state index in [9.17, 15) is 9.50 Å². The second-order valence-corrected chi connectivity index (χ2v) is 5.48. The highest BCUT2D eigenvalue weighted by molar-refractivity contribution is 6.30. The summed E-state index contributed by atoms with van der Waals surface area (Å²) in [7, 11) is 0. The normalized spacial score (nSPS) is 15.9. The Morgan fingerprint density at radius 1 is 1.31 bits per heavy atom. The first-order valence-corrected chi connectivity index (χ1v) is 5.49. The van der Waals surface area contributed by atoms with Gasteiger partial charge in [0.1, 0.15) is 5.82 Å². The third-order valence-corrected chi connectivity index (χ3v) is 2.72. The molecule has 0 saturated carbocycles. The second-order valence-electron chi connectivity index (χ2n) is 5.04. The molecule has 0 aliphatic rings. The summed E-state index contributed by atoms with van der Waals surface area (Å²) in [6, 6.07) is 3.44. The Morgan fingerprint density at radius 2 is 1.88 bits per heavy atom. The lowest BCUT2D eigenvalue weighted by Crippen LogP contribution is -2.37. The molecule has 4 heteroatoms. The van der Waals surface area contributed by atoms with E-state index in [-0.39, 0.29) is 10.4 Å². The Bertz CT molecular complexity index is 356. The van der Waals surface area contributed by atoms with Crippen LogP contribution in [0.1, 0.15) is 32.4 Å². The number of hydrogen-bond donors (Lipinski definition) is 2. The second kappa shape index (κ2) is 4.70. The zero-order valence-corrected chi connectivity index (χ0v) is 10.4. The summed E-state index contributed by atoms with van der Waals surface area (Å²) in [5.41, 5.74) is 6.03. The summed E-state index contributed by atoms with van der Waals surface area (Å²) in [4.78, 5) is 0. The summed E-state index contributed by atoms with van der Waals surface area (Å²) in [6.45, 7) is 5.62. The van der Waals surface area contributed by atoms with Crippen molar-refractivity contribution >= 4 is 11.6 Å². The summed E-state index contributed by atoms with van der Waals surface area (Å²) in [5, 5.41) is 10.3. The van der Waals surface area contributed by atoms with Crippen molar-refractivity contribution in [2.24, 2.45) is 11.1 Å². The lowest BCUT2D eigenvalue weighted by molar-refractivity contribution is 0.0400. The molecule has 0 heterocycles. The van der Waals surface area contributed by atoms with Gasteiger partial charge in [-0.2, -0.15) is 0 Å². The maximum absolute atomic E-state index is 13.1. The fraction of sp³-hybridized carbons (Fsp3) is 0.500. The molecule has 0 aromatic heterocycles. The summed E-state index contributed by atoms with van der Waals surface area (Å²) >= 11 is 5.74. The van der Waals surface area contributed by atoms with Crippen LogP contribution >= 0.6 is 11.6 Å². The molecule has 0 aliphatic carbocycles. The van der Waals surface area contributed by atoms with Crippen LogP contribution in [0.25, 0.3) is 0 Å². The monoisotopic (exact) mass is 245 g/mol. The minimum atomic E-state index is -0.759. The Kier molecular flexibility index (Phi) is 3.94. The molecule has 0 saturated heterocycles. The van der Waals surface area contributed by atoms with E-state index in [0.29, 0.717) is 5.56 Å². The first kappa shape index (κ1) is 13.4. The van der Waals surface area contributed by atoms with Gasteiger partial charge in [-0.25, -0.2) is 4.39 Å². The van der Waals surface area contributed by atoms with Gasteiger partial charge in [-0.05, 0) is 29.2 Å². The van der Waals surface area contributed by atoms with E-state index >= 15 is 0 Å². The standard InChI is InChI=1S/C12H17ClFNO/c1-12(2,3)11(16)10(15)7-4-8(13)6-9(14)5-7/h4-6,10-11,16H,15H2,1-3H3/t10-,11-/m0/s1. The average molecular weight is 246 g/mol. The molecule has 2 atom stereocenters. The quantitative estimate of drug-likeness (QED) is 0.842. The molecule has 1 rings (SSSR count). The average Bonchev–Trinajstić information content (AvgIpc) is 2.12. The highest BCUT2D eigenvalue weighted by atomic mass is 35.5. The van der Waals surface area contributed by atoms with E-state index in [1.807, 2.05) is 20.8 Å². The Hall–Kier alpha value is -0.640. The largest absolute Gasteiger partial charge is 0.391 e. The smallest absolute Gasteiger partial charge is 0.125 e. The van der Waals surface area contributed by atoms with Crippen molar-refractivity contribution in [3.8, 4) is 0 Å². The van der Waals surface area contributed by atoms with Crippen molar-refractivity contribution in [2.75, 3.05) is 0 Å². The first-order valence-electron chi connectivity index (χ1n) is 5.11. The van der Waals surface area contributed by atoms with Gasteiger partial charge in [-0.3, -0.25) is 0 Å². The third kappa shape index (κ3) is 3.17. The molecule has 0 aliphatic heterocycles. The molecule has 0 spiro atoms. The highest BCUT2D eigenvalue weighted by Crippen LogP contribution is 2.29. The molecule has 3 N–H and O–H groups in total. The van der Waals surface area contributed by atoms with Crippen molar-refractivity contribution in [3.05, 3.63) is 34.6 Å². The lowest BCUT2D eigenvalue weighted by Gasteiger charge is -2.31. The maximum Gasteiger partial charge on any atom is 0.125 e. The molecule has 0 radical (unpaired) electrons. The van der Waals surface area contributed by atoms with Crippen LogP contribution in [0, 0.1) is 11.2 Å². The van der Waals surface area contributed by atoms with Gasteiger partial charge in [0.15, 0.2) is 0 Å². The first-order chi connectivity index (χ1) is 7.21. The van der Waals surface area contributed by atoms with Gasteiger partial charge in [0.05, 0.1) is 12.1 Å². The molecule has 0 fully saturated rings. The Morgan fingerprint density at radius 3 is 2.31 bits per heavy atom. The van der Waals surface area contributed by atoms with Crippen LogP contribution in [0.5, 0.6) is 0 Å². The lowest BCUT2D eigenvalue weighted by atomic mass is 9.82. The van der Waals surface area contributed by atoms with Gasteiger partial charge >= 0.3 is 0 Å². The topological polar surface area (TPSA) is 46.2 Å².